The largest absolute Gasteiger partial charge is 0.495 e. The molecular formula is C14H10BrF3N2O5S. The minimum absolute atomic E-state index is 0.249. The summed E-state index contributed by atoms with van der Waals surface area (Å²) in [5.41, 5.74) is -1.79. The van der Waals surface area contributed by atoms with Crippen molar-refractivity contribution in [1.82, 2.24) is 0 Å². The number of rotatable bonds is 5. The maximum Gasteiger partial charge on any atom is 0.417 e. The lowest BCUT2D eigenvalue weighted by Crippen LogP contribution is -2.15. The van der Waals surface area contributed by atoms with Gasteiger partial charge in [0.15, 0.2) is 0 Å². The molecule has 2 aromatic rings. The third-order valence-corrected chi connectivity index (χ3v) is 5.28. The highest BCUT2D eigenvalue weighted by Crippen LogP contribution is 2.37. The Morgan fingerprint density at radius 3 is 2.38 bits per heavy atom. The fourth-order valence-corrected chi connectivity index (χ4v) is 3.68. The predicted molar refractivity (Wildman–Crippen MR) is 89.6 cm³/mol. The van der Waals surface area contributed by atoms with Gasteiger partial charge in [-0.1, -0.05) is 15.9 Å². The second-order valence-electron chi connectivity index (χ2n) is 4.89. The third-order valence-electron chi connectivity index (χ3n) is 3.17. The van der Waals surface area contributed by atoms with Crippen molar-refractivity contribution in [2.45, 2.75) is 11.1 Å². The molecule has 0 aliphatic rings. The van der Waals surface area contributed by atoms with Crippen LogP contribution < -0.4 is 9.46 Å². The molecule has 140 valence electrons. The highest BCUT2D eigenvalue weighted by atomic mass is 79.9. The second-order valence-corrected chi connectivity index (χ2v) is 7.40. The lowest BCUT2D eigenvalue weighted by molar-refractivity contribution is -0.385. The maximum absolute atomic E-state index is 12.9. The van der Waals surface area contributed by atoms with Crippen molar-refractivity contribution in [1.29, 1.82) is 0 Å². The molecule has 0 saturated heterocycles. The van der Waals surface area contributed by atoms with Gasteiger partial charge in [0.05, 0.1) is 23.7 Å². The first-order valence-corrected chi connectivity index (χ1v) is 8.95. The first-order valence-electron chi connectivity index (χ1n) is 6.67. The quantitative estimate of drug-likeness (QED) is 0.539. The van der Waals surface area contributed by atoms with Crippen LogP contribution in [0.2, 0.25) is 0 Å². The van der Waals surface area contributed by atoms with Gasteiger partial charge in [0.2, 0.25) is 0 Å². The molecule has 1 N–H and O–H groups in total. The fourth-order valence-electron chi connectivity index (χ4n) is 2.01. The van der Waals surface area contributed by atoms with Crippen LogP contribution in [0, 0.1) is 10.1 Å². The molecule has 7 nitrogen and oxygen atoms in total. The van der Waals surface area contributed by atoms with Crippen molar-refractivity contribution in [3.05, 3.63) is 56.5 Å². The molecule has 2 aromatic carbocycles. The van der Waals surface area contributed by atoms with E-state index in [0.29, 0.717) is 6.07 Å². The van der Waals surface area contributed by atoms with Crippen LogP contribution >= 0.6 is 15.9 Å². The van der Waals surface area contributed by atoms with Crippen molar-refractivity contribution in [2.24, 2.45) is 0 Å². The summed E-state index contributed by atoms with van der Waals surface area (Å²) < 4.78 is 70.3. The number of methoxy groups -OCH3 is 1. The van der Waals surface area contributed by atoms with Crippen molar-refractivity contribution in [2.75, 3.05) is 11.8 Å². The Morgan fingerprint density at radius 2 is 1.85 bits per heavy atom. The van der Waals surface area contributed by atoms with Crippen LogP contribution in [0.1, 0.15) is 5.56 Å². The number of benzene rings is 2. The van der Waals surface area contributed by atoms with Gasteiger partial charge < -0.3 is 4.74 Å². The smallest absolute Gasteiger partial charge is 0.417 e. The van der Waals surface area contributed by atoms with Gasteiger partial charge in [0.25, 0.3) is 15.7 Å². The van der Waals surface area contributed by atoms with Gasteiger partial charge in [-0.05, 0) is 24.3 Å². The number of ether oxygens (including phenoxy) is 1. The number of nitro benzene ring substituents is 1. The summed E-state index contributed by atoms with van der Waals surface area (Å²) in [6.07, 6.45) is -4.69. The zero-order chi connectivity index (χ0) is 19.7. The second kappa shape index (κ2) is 7.11. The Labute approximate surface area is 154 Å². The van der Waals surface area contributed by atoms with Crippen LogP contribution in [0.25, 0.3) is 0 Å². The number of anilines is 1. The van der Waals surface area contributed by atoms with E-state index < -0.39 is 37.3 Å². The fraction of sp³-hybridized carbons (Fsp3) is 0.143. The minimum Gasteiger partial charge on any atom is -0.495 e. The lowest BCUT2D eigenvalue weighted by Gasteiger charge is -2.14. The molecule has 0 unspecified atom stereocenters. The molecule has 0 amide bonds. The van der Waals surface area contributed by atoms with Gasteiger partial charge in [0.1, 0.15) is 10.6 Å². The number of nitrogens with one attached hydrogen (secondary N) is 1. The number of non-ortho nitro benzene ring substituents is 1. The normalized spacial score (nSPS) is 11.9. The number of nitro groups is 1. The molecule has 0 heterocycles. The van der Waals surface area contributed by atoms with Gasteiger partial charge in [-0.15, -0.1) is 0 Å². The van der Waals surface area contributed by atoms with Gasteiger partial charge in [0, 0.05) is 16.2 Å². The van der Waals surface area contributed by atoms with Gasteiger partial charge in [-0.3, -0.25) is 14.8 Å². The zero-order valence-electron chi connectivity index (χ0n) is 12.9. The summed E-state index contributed by atoms with van der Waals surface area (Å²) in [5, 5.41) is 10.8. The van der Waals surface area contributed by atoms with Gasteiger partial charge >= 0.3 is 6.18 Å². The van der Waals surface area contributed by atoms with Crippen LogP contribution in [-0.2, 0) is 16.2 Å². The third kappa shape index (κ3) is 4.25. The van der Waals surface area contributed by atoms with E-state index in [9.17, 15) is 31.7 Å². The first-order chi connectivity index (χ1) is 12.0. The van der Waals surface area contributed by atoms with Crippen molar-refractivity contribution in [3.63, 3.8) is 0 Å². The number of nitrogens with zero attached hydrogens (tertiary/aromatic N) is 1. The molecule has 12 heteroatoms. The molecular weight excluding hydrogens is 445 g/mol. The van der Waals surface area contributed by atoms with Crippen molar-refractivity contribution in [3.8, 4) is 5.75 Å². The topological polar surface area (TPSA) is 98.5 Å². The van der Waals surface area contributed by atoms with E-state index in [1.54, 1.807) is 0 Å². The van der Waals surface area contributed by atoms with E-state index in [4.69, 9.17) is 4.74 Å². The predicted octanol–water partition coefficient (Wildman–Crippen LogP) is 4.19. The number of halogens is 4. The van der Waals surface area contributed by atoms with Crippen LogP contribution in [-0.4, -0.2) is 20.5 Å². The lowest BCUT2D eigenvalue weighted by atomic mass is 10.2. The molecule has 0 aliphatic heterocycles. The number of alkyl halides is 3. The first kappa shape index (κ1) is 20.0. The maximum atomic E-state index is 12.9. The zero-order valence-corrected chi connectivity index (χ0v) is 15.3. The number of sulfonamides is 1. The van der Waals surface area contributed by atoms with E-state index in [-0.39, 0.29) is 15.9 Å². The summed E-state index contributed by atoms with van der Waals surface area (Å²) in [4.78, 5) is 9.56. The van der Waals surface area contributed by atoms with E-state index in [2.05, 4.69) is 15.9 Å². The molecule has 0 atom stereocenters. The molecule has 0 radical (unpaired) electrons. The summed E-state index contributed by atoms with van der Waals surface area (Å²) in [7, 11) is -3.24. The van der Waals surface area contributed by atoms with Crippen LogP contribution in [0.3, 0.4) is 0 Å². The molecule has 26 heavy (non-hydrogen) atoms. The summed E-state index contributed by atoms with van der Waals surface area (Å²) in [5.74, 6) is -0.320. The molecule has 0 bridgehead atoms. The van der Waals surface area contributed by atoms with E-state index >= 15 is 0 Å². The molecule has 2 rings (SSSR count). The Kier molecular flexibility index (Phi) is 5.47. The van der Waals surface area contributed by atoms with Crippen LogP contribution in [0.15, 0.2) is 45.8 Å². The van der Waals surface area contributed by atoms with E-state index in [1.165, 1.54) is 0 Å². The number of hydrogen-bond donors (Lipinski definition) is 1. The molecule has 0 aliphatic carbocycles. The molecule has 0 fully saturated rings. The Bertz CT molecular complexity index is 964. The van der Waals surface area contributed by atoms with Gasteiger partial charge in [-0.2, -0.15) is 13.2 Å². The van der Waals surface area contributed by atoms with Gasteiger partial charge in [-0.25, -0.2) is 8.42 Å². The summed E-state index contributed by atoms with van der Waals surface area (Å²) >= 11 is 2.75. The highest BCUT2D eigenvalue weighted by molar-refractivity contribution is 9.10. The van der Waals surface area contributed by atoms with E-state index in [0.717, 1.165) is 37.4 Å². The Hall–Kier alpha value is -2.34. The van der Waals surface area contributed by atoms with E-state index in [1.807, 2.05) is 4.72 Å². The highest BCUT2D eigenvalue weighted by Gasteiger charge is 2.33. The average molecular weight is 455 g/mol. The molecule has 0 saturated carbocycles. The molecule has 0 spiro atoms. The summed E-state index contributed by atoms with van der Waals surface area (Å²) in [6.45, 7) is 0. The van der Waals surface area contributed by atoms with Crippen LogP contribution in [0.4, 0.5) is 24.5 Å². The Morgan fingerprint density at radius 1 is 1.19 bits per heavy atom. The average Bonchev–Trinajstić information content (AvgIpc) is 2.54. The molecule has 0 aromatic heterocycles. The monoisotopic (exact) mass is 454 g/mol. The van der Waals surface area contributed by atoms with Crippen molar-refractivity contribution >= 4 is 37.3 Å². The standard InChI is InChI=1S/C14H10BrF3N2O5S/c1-25-12-7-9(20(21)22)3-5-13(12)26(23,24)19-8-2-4-11(15)10(6-8)14(16,17)18/h2-7,19H,1H3. The minimum atomic E-state index is -4.69. The summed E-state index contributed by atoms with van der Waals surface area (Å²) in [6, 6.07) is 5.59. The number of hydrogen-bond acceptors (Lipinski definition) is 5. The Balaban J connectivity index is 2.45. The van der Waals surface area contributed by atoms with Crippen LogP contribution in [0.5, 0.6) is 5.75 Å². The SMILES string of the molecule is COc1cc([N+](=O)[O-])ccc1S(=O)(=O)Nc1ccc(Br)c(C(F)(F)F)c1. The van der Waals surface area contributed by atoms with Crippen molar-refractivity contribution < 1.29 is 31.2 Å².